The highest BCUT2D eigenvalue weighted by Gasteiger charge is 2.37. The van der Waals surface area contributed by atoms with Crippen LogP contribution in [0.15, 0.2) is 48.5 Å². The molecule has 0 unspecified atom stereocenters. The number of nitrogens with zero attached hydrogens (tertiary/aromatic N) is 1. The van der Waals surface area contributed by atoms with E-state index in [0.29, 0.717) is 24.0 Å². The first-order valence-corrected chi connectivity index (χ1v) is 9.23. The van der Waals surface area contributed by atoms with Gasteiger partial charge in [0, 0.05) is 13.1 Å². The number of alkyl halides is 3. The van der Waals surface area contributed by atoms with Crippen molar-refractivity contribution in [2.45, 2.75) is 24.6 Å². The van der Waals surface area contributed by atoms with Gasteiger partial charge in [0.1, 0.15) is 5.75 Å². The first kappa shape index (κ1) is 20.4. The molecule has 0 aromatic heterocycles. The summed E-state index contributed by atoms with van der Waals surface area (Å²) in [6, 6.07) is 12.3. The molecule has 0 aliphatic carbocycles. The monoisotopic (exact) mass is 410 g/mol. The maximum absolute atomic E-state index is 13.0. The molecule has 3 rings (SSSR count). The SMILES string of the molecule is COc1ccccc1NC(=S)N1CCC(O)(c2cccc(C(F)(F)F)c2)CC1. The molecular formula is C20H21F3N2O2S. The van der Waals surface area contributed by atoms with Crippen LogP contribution in [-0.4, -0.2) is 35.3 Å². The van der Waals surface area contributed by atoms with Crippen molar-refractivity contribution in [1.82, 2.24) is 4.90 Å². The number of nitrogens with one attached hydrogen (secondary N) is 1. The average Bonchev–Trinajstić information content (AvgIpc) is 2.68. The van der Waals surface area contributed by atoms with Crippen molar-refractivity contribution in [3.05, 3.63) is 59.7 Å². The summed E-state index contributed by atoms with van der Waals surface area (Å²) in [5, 5.41) is 14.5. The molecule has 1 saturated heterocycles. The van der Waals surface area contributed by atoms with E-state index in [2.05, 4.69) is 5.32 Å². The van der Waals surface area contributed by atoms with Crippen LogP contribution in [0.4, 0.5) is 18.9 Å². The number of para-hydroxylation sites is 2. The Morgan fingerprint density at radius 1 is 1.14 bits per heavy atom. The van der Waals surface area contributed by atoms with Gasteiger partial charge in [-0.05, 0) is 54.9 Å². The quantitative estimate of drug-likeness (QED) is 0.735. The predicted octanol–water partition coefficient (Wildman–Crippen LogP) is 4.39. The molecule has 0 radical (unpaired) electrons. The van der Waals surface area contributed by atoms with E-state index in [1.165, 1.54) is 12.1 Å². The lowest BCUT2D eigenvalue weighted by molar-refractivity contribution is -0.137. The van der Waals surface area contributed by atoms with Gasteiger partial charge in [-0.2, -0.15) is 13.2 Å². The molecule has 0 amide bonds. The minimum atomic E-state index is -4.44. The minimum Gasteiger partial charge on any atom is -0.495 e. The van der Waals surface area contributed by atoms with Crippen molar-refractivity contribution in [2.24, 2.45) is 0 Å². The number of piperidine rings is 1. The van der Waals surface area contributed by atoms with Gasteiger partial charge in [0.25, 0.3) is 0 Å². The van der Waals surface area contributed by atoms with Gasteiger partial charge in [-0.25, -0.2) is 0 Å². The van der Waals surface area contributed by atoms with Gasteiger partial charge in [-0.15, -0.1) is 0 Å². The number of likely N-dealkylation sites (tertiary alicyclic amines) is 1. The fourth-order valence-corrected chi connectivity index (χ4v) is 3.59. The Kier molecular flexibility index (Phi) is 5.81. The second-order valence-electron chi connectivity index (χ2n) is 6.73. The van der Waals surface area contributed by atoms with E-state index in [1.54, 1.807) is 7.11 Å². The van der Waals surface area contributed by atoms with Crippen molar-refractivity contribution in [3.8, 4) is 5.75 Å². The second-order valence-corrected chi connectivity index (χ2v) is 7.11. The fourth-order valence-electron chi connectivity index (χ4n) is 3.30. The molecule has 8 heteroatoms. The van der Waals surface area contributed by atoms with Gasteiger partial charge in [-0.3, -0.25) is 0 Å². The zero-order valence-electron chi connectivity index (χ0n) is 15.3. The Labute approximate surface area is 166 Å². The number of halogens is 3. The third kappa shape index (κ3) is 4.39. The van der Waals surface area contributed by atoms with Crippen LogP contribution in [0.3, 0.4) is 0 Å². The number of ether oxygens (including phenoxy) is 1. The summed E-state index contributed by atoms with van der Waals surface area (Å²) in [5.74, 6) is 0.655. The maximum Gasteiger partial charge on any atom is 0.416 e. The minimum absolute atomic E-state index is 0.280. The molecule has 2 N–H and O–H groups in total. The Morgan fingerprint density at radius 2 is 1.82 bits per heavy atom. The number of methoxy groups -OCH3 is 1. The second kappa shape index (κ2) is 7.97. The summed E-state index contributed by atoms with van der Waals surface area (Å²) in [6.45, 7) is 0.849. The van der Waals surface area contributed by atoms with Gasteiger partial charge in [-0.1, -0.05) is 24.3 Å². The number of thiocarbonyl (C=S) groups is 1. The summed E-state index contributed by atoms with van der Waals surface area (Å²) in [4.78, 5) is 1.89. The molecule has 1 aliphatic rings. The topological polar surface area (TPSA) is 44.7 Å². The first-order valence-electron chi connectivity index (χ1n) is 8.82. The molecule has 0 saturated carbocycles. The fraction of sp³-hybridized carbons (Fsp3) is 0.350. The third-order valence-electron chi connectivity index (χ3n) is 4.95. The van der Waals surface area contributed by atoms with Crippen LogP contribution in [-0.2, 0) is 11.8 Å². The van der Waals surface area contributed by atoms with Crippen LogP contribution in [0.25, 0.3) is 0 Å². The van der Waals surface area contributed by atoms with E-state index < -0.39 is 17.3 Å². The molecule has 2 aromatic carbocycles. The lowest BCUT2D eigenvalue weighted by Gasteiger charge is -2.39. The van der Waals surface area contributed by atoms with Crippen LogP contribution < -0.4 is 10.1 Å². The molecule has 150 valence electrons. The summed E-state index contributed by atoms with van der Waals surface area (Å²) >= 11 is 5.45. The number of hydrogen-bond donors (Lipinski definition) is 2. The number of rotatable bonds is 3. The molecule has 1 fully saturated rings. The van der Waals surface area contributed by atoms with Crippen molar-refractivity contribution in [1.29, 1.82) is 0 Å². The zero-order chi connectivity index (χ0) is 20.4. The molecule has 1 aliphatic heterocycles. The third-order valence-corrected chi connectivity index (χ3v) is 5.31. The summed E-state index contributed by atoms with van der Waals surface area (Å²) in [5.41, 5.74) is -1.05. The standard InChI is InChI=1S/C20H21F3N2O2S/c1-27-17-8-3-2-7-16(17)24-18(28)25-11-9-19(26,10-12-25)14-5-4-6-15(13-14)20(21,22)23/h2-8,13,26H,9-12H2,1H3,(H,24,28). The van der Waals surface area contributed by atoms with Crippen LogP contribution in [0, 0.1) is 0 Å². The van der Waals surface area contributed by atoms with Crippen molar-refractivity contribution < 1.29 is 23.0 Å². The number of benzene rings is 2. The number of aliphatic hydroxyl groups is 1. The van der Waals surface area contributed by atoms with Crippen molar-refractivity contribution in [2.75, 3.05) is 25.5 Å². The Morgan fingerprint density at radius 3 is 2.46 bits per heavy atom. The van der Waals surface area contributed by atoms with Crippen molar-refractivity contribution >= 4 is 23.0 Å². The Bertz CT molecular complexity index is 849. The van der Waals surface area contributed by atoms with Gasteiger partial charge >= 0.3 is 6.18 Å². The lowest BCUT2D eigenvalue weighted by Crippen LogP contribution is -2.46. The van der Waals surface area contributed by atoms with Crippen LogP contribution in [0.5, 0.6) is 5.75 Å². The molecular weight excluding hydrogens is 389 g/mol. The van der Waals surface area contributed by atoms with E-state index in [1.807, 2.05) is 29.2 Å². The highest BCUT2D eigenvalue weighted by Crippen LogP contribution is 2.37. The molecule has 4 nitrogen and oxygen atoms in total. The van der Waals surface area contributed by atoms with E-state index in [9.17, 15) is 18.3 Å². The smallest absolute Gasteiger partial charge is 0.416 e. The van der Waals surface area contributed by atoms with Crippen LogP contribution in [0.1, 0.15) is 24.0 Å². The zero-order valence-corrected chi connectivity index (χ0v) is 16.1. The van der Waals surface area contributed by atoms with Crippen LogP contribution in [0.2, 0.25) is 0 Å². The largest absolute Gasteiger partial charge is 0.495 e. The molecule has 1 heterocycles. The van der Waals surface area contributed by atoms with Crippen molar-refractivity contribution in [3.63, 3.8) is 0 Å². The Balaban J connectivity index is 1.67. The highest BCUT2D eigenvalue weighted by atomic mass is 32.1. The maximum atomic E-state index is 13.0. The van der Waals surface area contributed by atoms with Gasteiger partial charge in [0.2, 0.25) is 0 Å². The van der Waals surface area contributed by atoms with Crippen LogP contribution >= 0.6 is 12.2 Å². The van der Waals surface area contributed by atoms with Gasteiger partial charge in [0.05, 0.1) is 24.0 Å². The Hall–Kier alpha value is -2.32. The van der Waals surface area contributed by atoms with E-state index >= 15 is 0 Å². The molecule has 2 aromatic rings. The normalized spacial score (nSPS) is 16.5. The molecule has 0 atom stereocenters. The molecule has 0 bridgehead atoms. The first-order chi connectivity index (χ1) is 13.2. The predicted molar refractivity (Wildman–Crippen MR) is 105 cm³/mol. The molecule has 0 spiro atoms. The number of anilines is 1. The van der Waals surface area contributed by atoms with Gasteiger partial charge < -0.3 is 20.1 Å². The number of hydrogen-bond acceptors (Lipinski definition) is 3. The van der Waals surface area contributed by atoms with E-state index in [-0.39, 0.29) is 18.4 Å². The van der Waals surface area contributed by atoms with Gasteiger partial charge in [0.15, 0.2) is 5.11 Å². The highest BCUT2D eigenvalue weighted by molar-refractivity contribution is 7.80. The lowest BCUT2D eigenvalue weighted by atomic mass is 9.84. The van der Waals surface area contributed by atoms with E-state index in [4.69, 9.17) is 17.0 Å². The summed E-state index contributed by atoms with van der Waals surface area (Å²) in [7, 11) is 1.57. The summed E-state index contributed by atoms with van der Waals surface area (Å²) < 4.78 is 44.2. The average molecular weight is 410 g/mol. The van der Waals surface area contributed by atoms with E-state index in [0.717, 1.165) is 17.8 Å². The molecule has 28 heavy (non-hydrogen) atoms. The summed E-state index contributed by atoms with van der Waals surface area (Å²) in [6.07, 6.45) is -3.88.